The molecule has 3 aromatic rings. The lowest BCUT2D eigenvalue weighted by Crippen LogP contribution is -2.10. The van der Waals surface area contributed by atoms with E-state index < -0.39 is 0 Å². The number of nitrogens with zero attached hydrogens (tertiary/aromatic N) is 1. The number of benzene rings is 2. The van der Waals surface area contributed by atoms with Crippen LogP contribution in [0.2, 0.25) is 10.0 Å². The number of carbonyl (C=O) groups excluding carboxylic acids is 1. The van der Waals surface area contributed by atoms with Crippen molar-refractivity contribution in [2.45, 2.75) is 0 Å². The van der Waals surface area contributed by atoms with E-state index in [1.807, 2.05) is 0 Å². The summed E-state index contributed by atoms with van der Waals surface area (Å²) in [7, 11) is 0. The van der Waals surface area contributed by atoms with Gasteiger partial charge in [0.2, 0.25) is 5.78 Å². The third-order valence-electron chi connectivity index (χ3n) is 3.63. The monoisotopic (exact) mass is 330 g/mol. The molecule has 0 unspecified atom stereocenters. The SMILES string of the molecule is O=C1C(c2c(O)[nH]c3ccc(Cl)cc23)=Nc2ccc(Cl)cc21. The molecule has 108 valence electrons. The highest BCUT2D eigenvalue weighted by Gasteiger charge is 2.30. The summed E-state index contributed by atoms with van der Waals surface area (Å²) < 4.78 is 0. The first kappa shape index (κ1) is 13.4. The summed E-state index contributed by atoms with van der Waals surface area (Å²) in [5, 5.41) is 11.8. The number of Topliss-reactive ketones (excluding diaryl/α,β-unsaturated/α-hetero) is 1. The average molecular weight is 331 g/mol. The first-order chi connectivity index (χ1) is 10.5. The molecule has 0 saturated carbocycles. The highest BCUT2D eigenvalue weighted by Crippen LogP contribution is 2.36. The Morgan fingerprint density at radius 3 is 2.59 bits per heavy atom. The zero-order valence-electron chi connectivity index (χ0n) is 11.0. The quantitative estimate of drug-likeness (QED) is 0.690. The number of H-pyrrole nitrogens is 1. The molecule has 2 aromatic carbocycles. The van der Waals surface area contributed by atoms with Gasteiger partial charge in [-0.2, -0.15) is 0 Å². The number of aromatic hydroxyl groups is 1. The maximum absolute atomic E-state index is 12.6. The van der Waals surface area contributed by atoms with Gasteiger partial charge < -0.3 is 10.1 Å². The van der Waals surface area contributed by atoms with E-state index in [2.05, 4.69) is 9.98 Å². The van der Waals surface area contributed by atoms with E-state index in [1.165, 1.54) is 0 Å². The van der Waals surface area contributed by atoms with E-state index >= 15 is 0 Å². The van der Waals surface area contributed by atoms with Crippen LogP contribution >= 0.6 is 23.2 Å². The molecular weight excluding hydrogens is 323 g/mol. The van der Waals surface area contributed by atoms with Crippen LogP contribution in [0.3, 0.4) is 0 Å². The lowest BCUT2D eigenvalue weighted by molar-refractivity contribution is 0.107. The molecule has 4 rings (SSSR count). The van der Waals surface area contributed by atoms with E-state index in [9.17, 15) is 9.90 Å². The van der Waals surface area contributed by atoms with Crippen LogP contribution in [0.5, 0.6) is 5.88 Å². The summed E-state index contributed by atoms with van der Waals surface area (Å²) in [6.45, 7) is 0. The normalized spacial score (nSPS) is 13.5. The zero-order chi connectivity index (χ0) is 15.4. The Bertz CT molecular complexity index is 989. The Hall–Kier alpha value is -2.30. The number of halogens is 2. The van der Waals surface area contributed by atoms with E-state index in [0.717, 1.165) is 0 Å². The van der Waals surface area contributed by atoms with Gasteiger partial charge >= 0.3 is 0 Å². The third-order valence-corrected chi connectivity index (χ3v) is 4.10. The maximum atomic E-state index is 12.6. The highest BCUT2D eigenvalue weighted by molar-refractivity contribution is 6.57. The summed E-state index contributed by atoms with van der Waals surface area (Å²) in [5.41, 5.74) is 2.19. The number of rotatable bonds is 1. The second-order valence-electron chi connectivity index (χ2n) is 4.99. The van der Waals surface area contributed by atoms with Crippen molar-refractivity contribution in [1.29, 1.82) is 0 Å². The molecule has 4 nitrogen and oxygen atoms in total. The molecule has 0 fully saturated rings. The third kappa shape index (κ3) is 1.85. The average Bonchev–Trinajstić information content (AvgIpc) is 2.96. The second-order valence-corrected chi connectivity index (χ2v) is 5.86. The minimum Gasteiger partial charge on any atom is -0.494 e. The topological polar surface area (TPSA) is 65.4 Å². The van der Waals surface area contributed by atoms with Crippen molar-refractivity contribution in [2.75, 3.05) is 0 Å². The number of hydrogen-bond acceptors (Lipinski definition) is 3. The highest BCUT2D eigenvalue weighted by atomic mass is 35.5. The molecule has 0 saturated heterocycles. The van der Waals surface area contributed by atoms with Crippen molar-refractivity contribution in [1.82, 2.24) is 4.98 Å². The standard InChI is InChI=1S/C16H8Cl2N2O2/c17-7-1-3-11-9(5-7)13(16(22)20-11)14-15(21)10-6-8(18)2-4-12(10)19-14/h1-6,20,22H. The number of aliphatic imine (C=N–C) groups is 1. The van der Waals surface area contributed by atoms with Crippen LogP contribution in [0.25, 0.3) is 10.9 Å². The van der Waals surface area contributed by atoms with Gasteiger partial charge in [-0.05, 0) is 36.4 Å². The van der Waals surface area contributed by atoms with Gasteiger partial charge in [-0.15, -0.1) is 0 Å². The molecule has 0 amide bonds. The Balaban J connectivity index is 1.96. The number of ketones is 1. The molecule has 1 aliphatic heterocycles. The Morgan fingerprint density at radius 1 is 1.05 bits per heavy atom. The summed E-state index contributed by atoms with van der Waals surface area (Å²) in [5.74, 6) is -0.378. The number of fused-ring (bicyclic) bond motifs is 2. The van der Waals surface area contributed by atoms with Crippen LogP contribution in [-0.2, 0) is 0 Å². The van der Waals surface area contributed by atoms with E-state index in [1.54, 1.807) is 36.4 Å². The molecule has 2 heterocycles. The summed E-state index contributed by atoms with van der Waals surface area (Å²) in [6.07, 6.45) is 0. The van der Waals surface area contributed by atoms with E-state index in [4.69, 9.17) is 23.2 Å². The number of hydrogen-bond donors (Lipinski definition) is 2. The molecule has 0 aliphatic carbocycles. The summed E-state index contributed by atoms with van der Waals surface area (Å²) >= 11 is 11.9. The van der Waals surface area contributed by atoms with Gasteiger partial charge in [-0.3, -0.25) is 4.79 Å². The Labute approximate surface area is 135 Å². The smallest absolute Gasteiger partial charge is 0.214 e. The molecule has 0 spiro atoms. The van der Waals surface area contributed by atoms with Crippen molar-refractivity contribution >= 4 is 51.3 Å². The van der Waals surface area contributed by atoms with Crippen LogP contribution in [0, 0.1) is 0 Å². The van der Waals surface area contributed by atoms with Crippen LogP contribution in [0.15, 0.2) is 41.4 Å². The van der Waals surface area contributed by atoms with Crippen molar-refractivity contribution < 1.29 is 9.90 Å². The zero-order valence-corrected chi connectivity index (χ0v) is 12.5. The van der Waals surface area contributed by atoms with Gasteiger partial charge in [-0.1, -0.05) is 23.2 Å². The molecule has 0 atom stereocenters. The predicted octanol–water partition coefficient (Wildman–Crippen LogP) is 4.50. The minimum absolute atomic E-state index is 0.108. The van der Waals surface area contributed by atoms with Gasteiger partial charge in [-0.25, -0.2) is 4.99 Å². The van der Waals surface area contributed by atoms with E-state index in [-0.39, 0.29) is 17.4 Å². The first-order valence-electron chi connectivity index (χ1n) is 6.48. The molecule has 1 aliphatic rings. The van der Waals surface area contributed by atoms with Crippen molar-refractivity contribution in [3.8, 4) is 5.88 Å². The van der Waals surface area contributed by atoms with Crippen molar-refractivity contribution in [3.63, 3.8) is 0 Å². The van der Waals surface area contributed by atoms with Crippen LogP contribution in [0.4, 0.5) is 5.69 Å². The van der Waals surface area contributed by atoms with Gasteiger partial charge in [0.05, 0.1) is 16.8 Å². The fraction of sp³-hybridized carbons (Fsp3) is 0. The largest absolute Gasteiger partial charge is 0.494 e. The molecular formula is C16H8Cl2N2O2. The Morgan fingerprint density at radius 2 is 1.77 bits per heavy atom. The molecule has 2 N–H and O–H groups in total. The predicted molar refractivity (Wildman–Crippen MR) is 87.0 cm³/mol. The fourth-order valence-corrected chi connectivity index (χ4v) is 2.99. The van der Waals surface area contributed by atoms with Crippen molar-refractivity contribution in [2.24, 2.45) is 4.99 Å². The van der Waals surface area contributed by atoms with Gasteiger partial charge in [0.15, 0.2) is 5.88 Å². The van der Waals surface area contributed by atoms with Gasteiger partial charge in [0.1, 0.15) is 5.71 Å². The first-order valence-corrected chi connectivity index (χ1v) is 7.23. The van der Waals surface area contributed by atoms with Crippen LogP contribution < -0.4 is 0 Å². The molecule has 0 bridgehead atoms. The number of aromatic nitrogens is 1. The van der Waals surface area contributed by atoms with Crippen LogP contribution in [-0.4, -0.2) is 21.6 Å². The molecule has 1 aromatic heterocycles. The van der Waals surface area contributed by atoms with Crippen molar-refractivity contribution in [3.05, 3.63) is 57.6 Å². The molecule has 0 radical (unpaired) electrons. The maximum Gasteiger partial charge on any atom is 0.214 e. The summed E-state index contributed by atoms with van der Waals surface area (Å²) in [4.78, 5) is 19.8. The fourth-order valence-electron chi connectivity index (χ4n) is 2.65. The molecule has 6 heteroatoms. The lowest BCUT2D eigenvalue weighted by Gasteiger charge is -1.99. The van der Waals surface area contributed by atoms with Gasteiger partial charge in [0, 0.05) is 20.9 Å². The lowest BCUT2D eigenvalue weighted by atomic mass is 10.0. The number of aromatic amines is 1. The molecule has 22 heavy (non-hydrogen) atoms. The number of carbonyl (C=O) groups is 1. The van der Waals surface area contributed by atoms with E-state index in [0.29, 0.717) is 37.8 Å². The van der Waals surface area contributed by atoms with Crippen LogP contribution in [0.1, 0.15) is 15.9 Å². The Kier molecular flexibility index (Phi) is 2.79. The number of nitrogens with one attached hydrogen (secondary N) is 1. The second kappa shape index (κ2) is 4.60. The minimum atomic E-state index is -0.270. The summed E-state index contributed by atoms with van der Waals surface area (Å²) in [6, 6.07) is 10.1. The van der Waals surface area contributed by atoms with Gasteiger partial charge in [0.25, 0.3) is 0 Å².